The van der Waals surface area contributed by atoms with Gasteiger partial charge in [-0.2, -0.15) is 10.1 Å². The molecule has 0 saturated heterocycles. The van der Waals surface area contributed by atoms with Crippen LogP contribution in [0.3, 0.4) is 0 Å². The number of hydrogen-bond acceptors (Lipinski definition) is 4. The Kier molecular flexibility index (Phi) is 4.86. The van der Waals surface area contributed by atoms with Gasteiger partial charge in [0.1, 0.15) is 12.1 Å². The van der Waals surface area contributed by atoms with Gasteiger partial charge in [0, 0.05) is 5.92 Å². The summed E-state index contributed by atoms with van der Waals surface area (Å²) >= 11 is 0. The second kappa shape index (κ2) is 7.46. The van der Waals surface area contributed by atoms with Crippen LogP contribution in [0.1, 0.15) is 43.5 Å². The molecule has 0 bridgehead atoms. The van der Waals surface area contributed by atoms with Crippen molar-refractivity contribution in [1.82, 2.24) is 14.8 Å². The van der Waals surface area contributed by atoms with E-state index in [4.69, 9.17) is 4.74 Å². The topological polar surface area (TPSA) is 60.2 Å². The van der Waals surface area contributed by atoms with E-state index in [2.05, 4.69) is 34.3 Å². The highest BCUT2D eigenvalue weighted by atomic mass is 16.5. The molecule has 0 fully saturated rings. The Hall–Kier alpha value is -3.15. The van der Waals surface area contributed by atoms with Crippen molar-refractivity contribution in [2.24, 2.45) is 5.92 Å². The Morgan fingerprint density at radius 2 is 1.71 bits per heavy atom. The van der Waals surface area contributed by atoms with Gasteiger partial charge in [-0.25, -0.2) is 4.68 Å². The number of carbonyl (C=O) groups excluding carboxylic acids is 1. The molecule has 0 spiro atoms. The molecule has 144 valence electrons. The van der Waals surface area contributed by atoms with Crippen molar-refractivity contribution in [2.45, 2.75) is 32.4 Å². The number of benzene rings is 2. The number of anilines is 1. The summed E-state index contributed by atoms with van der Waals surface area (Å²) in [5, 5.41) is 4.46. The highest BCUT2D eigenvalue weighted by Crippen LogP contribution is 2.42. The van der Waals surface area contributed by atoms with Crippen LogP contribution in [-0.4, -0.2) is 27.8 Å². The molecule has 0 radical (unpaired) electrons. The van der Waals surface area contributed by atoms with Gasteiger partial charge in [-0.05, 0) is 29.7 Å². The molecular weight excluding hydrogens is 352 g/mol. The van der Waals surface area contributed by atoms with E-state index in [9.17, 15) is 4.79 Å². The molecule has 0 N–H and O–H groups in total. The van der Waals surface area contributed by atoms with Gasteiger partial charge >= 0.3 is 0 Å². The maximum atomic E-state index is 13.1. The number of aromatic nitrogens is 3. The first kappa shape index (κ1) is 18.2. The fraction of sp³-hybridized carbons (Fsp3) is 0.318. The lowest BCUT2D eigenvalue weighted by Gasteiger charge is -2.39. The standard InChI is InChI=1S/C22H24N4O2/c1-15(2)21(27)25-19(16-7-5-4-6-8-16)13-20(26-22(25)23-14-24-26)17-9-11-18(28-3)12-10-17/h4-12,14-15,19-20H,13H2,1-3H3. The number of nitrogens with zero attached hydrogens (tertiary/aromatic N) is 4. The van der Waals surface area contributed by atoms with Gasteiger partial charge in [0.15, 0.2) is 0 Å². The summed E-state index contributed by atoms with van der Waals surface area (Å²) in [6.45, 7) is 3.83. The summed E-state index contributed by atoms with van der Waals surface area (Å²) in [6, 6.07) is 18.1. The molecule has 2 unspecified atom stereocenters. The molecule has 2 atom stereocenters. The van der Waals surface area contributed by atoms with Crippen LogP contribution in [-0.2, 0) is 4.79 Å². The molecule has 3 aromatic rings. The van der Waals surface area contributed by atoms with Crippen LogP contribution in [0.25, 0.3) is 0 Å². The van der Waals surface area contributed by atoms with E-state index in [0.717, 1.165) is 23.3 Å². The number of methoxy groups -OCH3 is 1. The quantitative estimate of drug-likeness (QED) is 0.690. The monoisotopic (exact) mass is 376 g/mol. The summed E-state index contributed by atoms with van der Waals surface area (Å²) in [7, 11) is 1.66. The highest BCUT2D eigenvalue weighted by Gasteiger charge is 2.39. The molecule has 2 heterocycles. The van der Waals surface area contributed by atoms with Crippen LogP contribution >= 0.6 is 0 Å². The number of hydrogen-bond donors (Lipinski definition) is 0. The molecular formula is C22H24N4O2. The Morgan fingerprint density at radius 1 is 1.04 bits per heavy atom. The van der Waals surface area contributed by atoms with Crippen LogP contribution in [0, 0.1) is 5.92 Å². The second-order valence-electron chi connectivity index (χ2n) is 7.32. The highest BCUT2D eigenvalue weighted by molar-refractivity contribution is 5.94. The zero-order chi connectivity index (χ0) is 19.7. The fourth-order valence-electron chi connectivity index (χ4n) is 3.79. The molecule has 0 aliphatic carbocycles. The van der Waals surface area contributed by atoms with E-state index >= 15 is 0 Å². The van der Waals surface area contributed by atoms with Gasteiger partial charge in [0.05, 0.1) is 19.2 Å². The molecule has 1 aliphatic heterocycles. The number of amides is 1. The first-order valence-electron chi connectivity index (χ1n) is 9.51. The third-order valence-corrected chi connectivity index (χ3v) is 5.24. The van der Waals surface area contributed by atoms with Crippen LogP contribution in [0.2, 0.25) is 0 Å². The van der Waals surface area contributed by atoms with E-state index in [1.54, 1.807) is 7.11 Å². The maximum Gasteiger partial charge on any atom is 0.232 e. The van der Waals surface area contributed by atoms with E-state index in [1.165, 1.54) is 6.33 Å². The lowest BCUT2D eigenvalue weighted by atomic mass is 9.91. The molecule has 6 nitrogen and oxygen atoms in total. The number of ether oxygens (including phenoxy) is 1. The van der Waals surface area contributed by atoms with Crippen LogP contribution in [0.15, 0.2) is 60.9 Å². The molecule has 1 aromatic heterocycles. The van der Waals surface area contributed by atoms with Crippen molar-refractivity contribution in [2.75, 3.05) is 12.0 Å². The molecule has 1 aliphatic rings. The zero-order valence-electron chi connectivity index (χ0n) is 16.3. The van der Waals surface area contributed by atoms with Crippen molar-refractivity contribution in [3.05, 3.63) is 72.1 Å². The first-order chi connectivity index (χ1) is 13.6. The summed E-state index contributed by atoms with van der Waals surface area (Å²) in [6.07, 6.45) is 2.25. The third kappa shape index (κ3) is 3.15. The van der Waals surface area contributed by atoms with Gasteiger partial charge in [-0.3, -0.25) is 9.69 Å². The predicted octanol–water partition coefficient (Wildman–Crippen LogP) is 4.01. The minimum absolute atomic E-state index is 0.00942. The predicted molar refractivity (Wildman–Crippen MR) is 107 cm³/mol. The third-order valence-electron chi connectivity index (χ3n) is 5.24. The Balaban J connectivity index is 1.82. The van der Waals surface area contributed by atoms with Gasteiger partial charge in [-0.15, -0.1) is 0 Å². The molecule has 28 heavy (non-hydrogen) atoms. The van der Waals surface area contributed by atoms with E-state index < -0.39 is 0 Å². The van der Waals surface area contributed by atoms with Crippen LogP contribution in [0.5, 0.6) is 5.75 Å². The van der Waals surface area contributed by atoms with Crippen molar-refractivity contribution >= 4 is 11.9 Å². The summed E-state index contributed by atoms with van der Waals surface area (Å²) < 4.78 is 7.15. The van der Waals surface area contributed by atoms with Gasteiger partial charge in [-0.1, -0.05) is 56.3 Å². The second-order valence-corrected chi connectivity index (χ2v) is 7.32. The average Bonchev–Trinajstić information content (AvgIpc) is 3.22. The minimum Gasteiger partial charge on any atom is -0.497 e. The lowest BCUT2D eigenvalue weighted by molar-refractivity contribution is -0.122. The van der Waals surface area contributed by atoms with E-state index in [1.807, 2.05) is 53.8 Å². The van der Waals surface area contributed by atoms with Crippen molar-refractivity contribution in [1.29, 1.82) is 0 Å². The summed E-state index contributed by atoms with van der Waals surface area (Å²) in [4.78, 5) is 19.4. The van der Waals surface area contributed by atoms with Crippen molar-refractivity contribution in [3.8, 4) is 5.75 Å². The van der Waals surface area contributed by atoms with Crippen molar-refractivity contribution < 1.29 is 9.53 Å². The largest absolute Gasteiger partial charge is 0.497 e. The minimum atomic E-state index is -0.131. The maximum absolute atomic E-state index is 13.1. The van der Waals surface area contributed by atoms with Crippen molar-refractivity contribution in [3.63, 3.8) is 0 Å². The van der Waals surface area contributed by atoms with Gasteiger partial charge in [0.25, 0.3) is 0 Å². The summed E-state index contributed by atoms with van der Waals surface area (Å²) in [5.41, 5.74) is 2.22. The molecule has 6 heteroatoms. The van der Waals surface area contributed by atoms with E-state index in [0.29, 0.717) is 5.95 Å². The Labute approximate surface area is 164 Å². The summed E-state index contributed by atoms with van der Waals surface area (Å²) in [5.74, 6) is 1.33. The zero-order valence-corrected chi connectivity index (χ0v) is 16.3. The lowest BCUT2D eigenvalue weighted by Crippen LogP contribution is -2.44. The number of carbonyl (C=O) groups is 1. The van der Waals surface area contributed by atoms with Gasteiger partial charge in [0.2, 0.25) is 11.9 Å². The van der Waals surface area contributed by atoms with Crippen LogP contribution < -0.4 is 9.64 Å². The molecule has 4 rings (SSSR count). The number of fused-ring (bicyclic) bond motifs is 1. The molecule has 0 saturated carbocycles. The number of rotatable bonds is 4. The fourth-order valence-corrected chi connectivity index (χ4v) is 3.79. The molecule has 1 amide bonds. The Bertz CT molecular complexity index is 950. The van der Waals surface area contributed by atoms with Gasteiger partial charge < -0.3 is 4.74 Å². The van der Waals surface area contributed by atoms with E-state index in [-0.39, 0.29) is 23.9 Å². The Morgan fingerprint density at radius 3 is 2.36 bits per heavy atom. The van der Waals surface area contributed by atoms with Crippen LogP contribution in [0.4, 0.5) is 5.95 Å². The average molecular weight is 376 g/mol. The first-order valence-corrected chi connectivity index (χ1v) is 9.51. The SMILES string of the molecule is COc1ccc(C2CC(c3ccccc3)N(C(=O)C(C)C)c3ncnn32)cc1. The molecule has 2 aromatic carbocycles. The smallest absolute Gasteiger partial charge is 0.232 e. The normalized spacial score (nSPS) is 18.8.